The molecule has 3 aromatic rings. The van der Waals surface area contributed by atoms with E-state index in [4.69, 9.17) is 0 Å². The molecule has 1 aromatic carbocycles. The number of hydrogen-bond donors (Lipinski definition) is 1. The zero-order valence-corrected chi connectivity index (χ0v) is 16.0. The number of benzene rings is 1. The highest BCUT2D eigenvalue weighted by atomic mass is 79.9. The highest BCUT2D eigenvalue weighted by molar-refractivity contribution is 9.10. The van der Waals surface area contributed by atoms with Crippen LogP contribution < -0.4 is 10.9 Å². The lowest BCUT2D eigenvalue weighted by Gasteiger charge is -2.13. The van der Waals surface area contributed by atoms with Crippen LogP contribution in [0, 0.1) is 20.8 Å². The van der Waals surface area contributed by atoms with Crippen molar-refractivity contribution in [2.75, 3.05) is 5.32 Å². The molecule has 0 bridgehead atoms. The molecule has 3 rings (SSSR count). The highest BCUT2D eigenvalue weighted by Gasteiger charge is 2.15. The maximum absolute atomic E-state index is 12.6. The van der Waals surface area contributed by atoms with Gasteiger partial charge < -0.3 is 5.32 Å². The Hall–Kier alpha value is -2.48. The molecule has 0 aliphatic carbocycles. The maximum atomic E-state index is 12.6. The van der Waals surface area contributed by atoms with Crippen LogP contribution in [0.5, 0.6) is 0 Å². The Morgan fingerprint density at radius 3 is 2.52 bits per heavy atom. The van der Waals surface area contributed by atoms with Crippen LogP contribution in [0.25, 0.3) is 11.0 Å². The molecule has 25 heavy (non-hydrogen) atoms. The number of aryl methyl sites for hydroxylation is 4. The lowest BCUT2D eigenvalue weighted by molar-refractivity contribution is -0.116. The Morgan fingerprint density at radius 1 is 1.24 bits per heavy atom. The zero-order chi connectivity index (χ0) is 18.3. The van der Waals surface area contributed by atoms with Gasteiger partial charge in [-0.15, -0.1) is 0 Å². The number of nitrogens with one attached hydrogen (secondary N) is 1. The normalized spacial score (nSPS) is 11.1. The average Bonchev–Trinajstić information content (AvgIpc) is 2.81. The molecule has 8 heteroatoms. The summed E-state index contributed by atoms with van der Waals surface area (Å²) in [5, 5.41) is 7.38. The molecule has 0 unspecified atom stereocenters. The summed E-state index contributed by atoms with van der Waals surface area (Å²) in [6, 6.07) is 4.02. The summed E-state index contributed by atoms with van der Waals surface area (Å²) >= 11 is 3.26. The van der Waals surface area contributed by atoms with Gasteiger partial charge in [-0.05, 0) is 47.8 Å². The fourth-order valence-corrected chi connectivity index (χ4v) is 3.54. The number of nitrogens with zero attached hydrogens (tertiary/aromatic N) is 4. The predicted molar refractivity (Wildman–Crippen MR) is 99.8 cm³/mol. The van der Waals surface area contributed by atoms with Gasteiger partial charge in [0.2, 0.25) is 5.91 Å². The van der Waals surface area contributed by atoms with Gasteiger partial charge in [-0.1, -0.05) is 17.7 Å². The van der Waals surface area contributed by atoms with Crippen LogP contribution in [-0.4, -0.2) is 25.2 Å². The Morgan fingerprint density at radius 2 is 1.88 bits per heavy atom. The molecule has 0 fully saturated rings. The molecule has 0 saturated carbocycles. The summed E-state index contributed by atoms with van der Waals surface area (Å²) in [6.07, 6.45) is 1.37. The van der Waals surface area contributed by atoms with Crippen molar-refractivity contribution in [3.05, 3.63) is 50.1 Å². The number of anilines is 1. The Kier molecular flexibility index (Phi) is 4.47. The van der Waals surface area contributed by atoms with Gasteiger partial charge in [0.1, 0.15) is 22.9 Å². The van der Waals surface area contributed by atoms with Gasteiger partial charge in [-0.25, -0.2) is 9.67 Å². The molecular formula is C17H18BrN5O2. The lowest BCUT2D eigenvalue weighted by Crippen LogP contribution is -2.28. The van der Waals surface area contributed by atoms with E-state index in [0.717, 1.165) is 22.4 Å². The molecule has 7 nitrogen and oxygen atoms in total. The number of carbonyl (C=O) groups excluding carboxylic acids is 1. The second kappa shape index (κ2) is 6.44. The Labute approximate surface area is 152 Å². The number of carbonyl (C=O) groups is 1. The van der Waals surface area contributed by atoms with Crippen LogP contribution in [0.1, 0.15) is 16.7 Å². The summed E-state index contributed by atoms with van der Waals surface area (Å²) in [4.78, 5) is 29.2. The number of hydrogen-bond acceptors (Lipinski definition) is 4. The Bertz CT molecular complexity index is 1030. The SMILES string of the molecule is Cc1cc(C)c(NC(=O)Cn2cnc3c(c(Br)nn3C)c2=O)c(C)c1. The molecule has 1 amide bonds. The predicted octanol–water partition coefficient (Wildman–Crippen LogP) is 2.46. The number of rotatable bonds is 3. The third-order valence-electron chi connectivity index (χ3n) is 4.02. The van der Waals surface area contributed by atoms with Crippen LogP contribution >= 0.6 is 15.9 Å². The molecule has 0 aliphatic heterocycles. The fourth-order valence-electron chi connectivity index (χ4n) is 2.96. The largest absolute Gasteiger partial charge is 0.324 e. The van der Waals surface area contributed by atoms with Gasteiger partial charge in [-0.3, -0.25) is 14.2 Å². The molecule has 0 aliphatic rings. The molecule has 130 valence electrons. The Balaban J connectivity index is 1.89. The number of halogens is 1. The molecule has 0 saturated heterocycles. The summed E-state index contributed by atoms with van der Waals surface area (Å²) in [5.41, 5.74) is 4.06. The monoisotopic (exact) mass is 403 g/mol. The summed E-state index contributed by atoms with van der Waals surface area (Å²) < 4.78 is 3.22. The van der Waals surface area contributed by atoms with Crippen LogP contribution in [0.4, 0.5) is 5.69 Å². The van der Waals surface area contributed by atoms with Gasteiger partial charge in [-0.2, -0.15) is 5.10 Å². The van der Waals surface area contributed by atoms with Crippen LogP contribution in [0.15, 0.2) is 27.9 Å². The van der Waals surface area contributed by atoms with Crippen molar-refractivity contribution in [2.24, 2.45) is 7.05 Å². The summed E-state index contributed by atoms with van der Waals surface area (Å²) in [6.45, 7) is 5.79. The van der Waals surface area contributed by atoms with Gasteiger partial charge >= 0.3 is 0 Å². The lowest BCUT2D eigenvalue weighted by atomic mass is 10.1. The molecule has 0 radical (unpaired) electrons. The number of amides is 1. The first-order chi connectivity index (χ1) is 11.8. The standard InChI is InChI=1S/C17H18BrN5O2/c1-9-5-10(2)14(11(3)6-9)20-12(24)7-23-8-19-16-13(17(23)25)15(18)21-22(16)4/h5-6,8H,7H2,1-4H3,(H,20,24). The van der Waals surface area contributed by atoms with Crippen LogP contribution in [-0.2, 0) is 18.4 Å². The average molecular weight is 404 g/mol. The summed E-state index contributed by atoms with van der Waals surface area (Å²) in [5.74, 6) is -0.279. The summed E-state index contributed by atoms with van der Waals surface area (Å²) in [7, 11) is 1.71. The smallest absolute Gasteiger partial charge is 0.266 e. The molecule has 1 N–H and O–H groups in total. The van der Waals surface area contributed by atoms with Crippen molar-refractivity contribution < 1.29 is 4.79 Å². The minimum absolute atomic E-state index is 0.115. The first kappa shape index (κ1) is 17.3. The first-order valence-corrected chi connectivity index (χ1v) is 8.52. The van der Waals surface area contributed by atoms with Crippen molar-refractivity contribution in [3.8, 4) is 0 Å². The molecule has 2 heterocycles. The van der Waals surface area contributed by atoms with E-state index in [0.29, 0.717) is 15.6 Å². The fraction of sp³-hybridized carbons (Fsp3) is 0.294. The quantitative estimate of drug-likeness (QED) is 0.727. The second-order valence-corrected chi connectivity index (χ2v) is 6.86. The number of aromatic nitrogens is 4. The van der Waals surface area contributed by atoms with Gasteiger partial charge in [0.25, 0.3) is 5.56 Å². The van der Waals surface area contributed by atoms with Gasteiger partial charge in [0, 0.05) is 12.7 Å². The van der Waals surface area contributed by atoms with Crippen molar-refractivity contribution in [1.29, 1.82) is 0 Å². The first-order valence-electron chi connectivity index (χ1n) is 7.73. The van der Waals surface area contributed by atoms with E-state index in [-0.39, 0.29) is 18.0 Å². The molecule has 0 spiro atoms. The van der Waals surface area contributed by atoms with Crippen LogP contribution in [0.3, 0.4) is 0 Å². The van der Waals surface area contributed by atoms with E-state index in [1.165, 1.54) is 15.6 Å². The van der Waals surface area contributed by atoms with Crippen LogP contribution in [0.2, 0.25) is 0 Å². The van der Waals surface area contributed by atoms with E-state index >= 15 is 0 Å². The van der Waals surface area contributed by atoms with E-state index in [1.54, 1.807) is 7.05 Å². The van der Waals surface area contributed by atoms with Crippen molar-refractivity contribution >= 4 is 38.6 Å². The van der Waals surface area contributed by atoms with Crippen molar-refractivity contribution in [3.63, 3.8) is 0 Å². The van der Waals surface area contributed by atoms with Gasteiger partial charge in [0.15, 0.2) is 5.65 Å². The topological polar surface area (TPSA) is 81.8 Å². The van der Waals surface area contributed by atoms with Crippen molar-refractivity contribution in [1.82, 2.24) is 19.3 Å². The second-order valence-electron chi connectivity index (χ2n) is 6.11. The third kappa shape index (κ3) is 3.21. The minimum atomic E-state index is -0.308. The molecular weight excluding hydrogens is 386 g/mol. The molecule has 2 aromatic heterocycles. The van der Waals surface area contributed by atoms with E-state index in [9.17, 15) is 9.59 Å². The van der Waals surface area contributed by atoms with E-state index in [2.05, 4.69) is 31.3 Å². The minimum Gasteiger partial charge on any atom is -0.324 e. The maximum Gasteiger partial charge on any atom is 0.266 e. The van der Waals surface area contributed by atoms with E-state index in [1.807, 2.05) is 32.9 Å². The molecule has 0 atom stereocenters. The zero-order valence-electron chi connectivity index (χ0n) is 14.4. The third-order valence-corrected chi connectivity index (χ3v) is 4.58. The van der Waals surface area contributed by atoms with Gasteiger partial charge in [0.05, 0.1) is 0 Å². The van der Waals surface area contributed by atoms with E-state index < -0.39 is 0 Å². The van der Waals surface area contributed by atoms with Crippen molar-refractivity contribution in [2.45, 2.75) is 27.3 Å². The highest BCUT2D eigenvalue weighted by Crippen LogP contribution is 2.22. The number of fused-ring (bicyclic) bond motifs is 1.